The molecule has 0 aliphatic rings. The van der Waals surface area contributed by atoms with Crippen LogP contribution < -0.4 is 10.2 Å². The lowest BCUT2D eigenvalue weighted by atomic mass is 10.0. The summed E-state index contributed by atoms with van der Waals surface area (Å²) in [5, 5.41) is 13.9. The van der Waals surface area contributed by atoms with Crippen molar-refractivity contribution >= 4 is 13.7 Å². The first-order valence-corrected chi connectivity index (χ1v) is 35.9. The van der Waals surface area contributed by atoms with Crippen LogP contribution in [0.25, 0.3) is 0 Å². The zero-order valence-corrected chi connectivity index (χ0v) is 54.9. The molecule has 2 N–H and O–H groups in total. The second-order valence-corrected chi connectivity index (χ2v) is 25.9. The van der Waals surface area contributed by atoms with Gasteiger partial charge in [0.15, 0.2) is 0 Å². The third kappa shape index (κ3) is 65.1. The number of hydrogen-bond donors (Lipinski definition) is 2. The number of nitrogens with zero attached hydrogens (tertiary/aromatic N) is 1. The van der Waals surface area contributed by atoms with Crippen LogP contribution in [0.3, 0.4) is 0 Å². The Morgan fingerprint density at radius 1 is 0.444 bits per heavy atom. The van der Waals surface area contributed by atoms with E-state index in [0.717, 1.165) is 70.6 Å². The first kappa shape index (κ1) is 78.7. The minimum absolute atomic E-state index is 0.00907. The van der Waals surface area contributed by atoms with E-state index >= 15 is 0 Å². The predicted octanol–water partition coefficient (Wildman–Crippen LogP) is 21.3. The summed E-state index contributed by atoms with van der Waals surface area (Å²) in [5.74, 6) is -0.208. The zero-order chi connectivity index (χ0) is 59.1. The summed E-state index contributed by atoms with van der Waals surface area (Å²) >= 11 is 0. The Morgan fingerprint density at radius 3 is 1.15 bits per heavy atom. The molecule has 81 heavy (non-hydrogen) atoms. The van der Waals surface area contributed by atoms with Gasteiger partial charge in [-0.05, 0) is 77.0 Å². The summed E-state index contributed by atoms with van der Waals surface area (Å²) in [5.41, 5.74) is 0. The summed E-state index contributed by atoms with van der Waals surface area (Å²) in [6.45, 7) is 4.55. The highest BCUT2D eigenvalue weighted by atomic mass is 31.2. The normalized spacial score (nSPS) is 14.2. The summed E-state index contributed by atoms with van der Waals surface area (Å²) < 4.78 is 23.4. The van der Waals surface area contributed by atoms with Gasteiger partial charge in [-0.25, -0.2) is 0 Å². The van der Waals surface area contributed by atoms with Crippen molar-refractivity contribution in [1.29, 1.82) is 0 Å². The Balaban J connectivity index is 4.13. The van der Waals surface area contributed by atoms with Crippen molar-refractivity contribution < 1.29 is 32.9 Å². The SMILES string of the molecule is CC/C=C\C/C=C\C/C=C\C/C=C\C/C=C\CCCCCCCCCCCCCCCC(=O)NC(COP(=O)([O-])OCC[N+](C)(C)C)C(O)/C=C/CC/C=C/CCCCCCCCCCCCCCCCCCCCCCCCCC. The number of quaternary nitrogens is 1. The van der Waals surface area contributed by atoms with Gasteiger partial charge in [-0.3, -0.25) is 9.36 Å². The molecule has 0 bridgehead atoms. The van der Waals surface area contributed by atoms with E-state index in [1.807, 2.05) is 27.2 Å². The van der Waals surface area contributed by atoms with Crippen LogP contribution in [0, 0.1) is 0 Å². The highest BCUT2D eigenvalue weighted by Crippen LogP contribution is 2.38. The van der Waals surface area contributed by atoms with E-state index in [2.05, 4.69) is 92.1 Å². The molecule has 3 atom stereocenters. The van der Waals surface area contributed by atoms with Gasteiger partial charge in [0.2, 0.25) is 5.91 Å². The molecule has 0 aromatic carbocycles. The van der Waals surface area contributed by atoms with E-state index in [0.29, 0.717) is 17.4 Å². The van der Waals surface area contributed by atoms with Crippen LogP contribution in [0.15, 0.2) is 85.1 Å². The van der Waals surface area contributed by atoms with Gasteiger partial charge in [-0.2, -0.15) is 0 Å². The Bertz CT molecular complexity index is 1600. The fraction of sp³-hybridized carbons (Fsp3) is 0.792. The second kappa shape index (κ2) is 62.2. The van der Waals surface area contributed by atoms with Gasteiger partial charge in [-0.15, -0.1) is 0 Å². The maximum absolute atomic E-state index is 13.0. The average molecular weight is 1150 g/mol. The Labute approximate surface area is 503 Å². The lowest BCUT2D eigenvalue weighted by Gasteiger charge is -2.29. The number of phosphoric acid groups is 1. The molecule has 0 saturated carbocycles. The van der Waals surface area contributed by atoms with Crippen molar-refractivity contribution in [1.82, 2.24) is 5.32 Å². The molecule has 0 saturated heterocycles. The molecule has 3 unspecified atom stereocenters. The number of rotatable bonds is 63. The van der Waals surface area contributed by atoms with Crippen molar-refractivity contribution in [2.24, 2.45) is 0 Å². The van der Waals surface area contributed by atoms with Gasteiger partial charge in [0, 0.05) is 6.42 Å². The zero-order valence-electron chi connectivity index (χ0n) is 54.0. The Morgan fingerprint density at radius 2 is 0.765 bits per heavy atom. The number of aliphatic hydroxyl groups excluding tert-OH is 1. The molecule has 0 radical (unpaired) electrons. The van der Waals surface area contributed by atoms with Crippen LogP contribution in [0.5, 0.6) is 0 Å². The van der Waals surface area contributed by atoms with Crippen molar-refractivity contribution in [2.75, 3.05) is 40.9 Å². The number of likely N-dealkylation sites (N-methyl/N-ethyl adjacent to an activating group) is 1. The second-order valence-electron chi connectivity index (χ2n) is 24.5. The fourth-order valence-corrected chi connectivity index (χ4v) is 10.7. The van der Waals surface area contributed by atoms with Gasteiger partial charge in [0.25, 0.3) is 7.82 Å². The van der Waals surface area contributed by atoms with E-state index in [4.69, 9.17) is 9.05 Å². The molecule has 1 amide bonds. The molecule has 0 heterocycles. The molecular formula is C72H133N2O6P. The smallest absolute Gasteiger partial charge is 0.268 e. The molecule has 472 valence electrons. The van der Waals surface area contributed by atoms with Crippen molar-refractivity contribution in [3.8, 4) is 0 Å². The lowest BCUT2D eigenvalue weighted by molar-refractivity contribution is -0.870. The predicted molar refractivity (Wildman–Crippen MR) is 353 cm³/mol. The molecule has 0 aliphatic heterocycles. The molecule has 9 heteroatoms. The van der Waals surface area contributed by atoms with Gasteiger partial charge >= 0.3 is 0 Å². The fourth-order valence-electron chi connectivity index (χ4n) is 10.0. The van der Waals surface area contributed by atoms with Crippen LogP contribution in [0.2, 0.25) is 0 Å². The number of nitrogens with one attached hydrogen (secondary N) is 1. The van der Waals surface area contributed by atoms with Crippen LogP contribution >= 0.6 is 7.82 Å². The third-order valence-electron chi connectivity index (χ3n) is 15.3. The van der Waals surface area contributed by atoms with Gasteiger partial charge in [0.1, 0.15) is 13.2 Å². The largest absolute Gasteiger partial charge is 0.756 e. The minimum Gasteiger partial charge on any atom is -0.756 e. The molecule has 0 fully saturated rings. The average Bonchev–Trinajstić information content (AvgIpc) is 3.43. The molecule has 0 aromatic rings. The monoisotopic (exact) mass is 1150 g/mol. The number of carbonyl (C=O) groups is 1. The number of amides is 1. The van der Waals surface area contributed by atoms with Crippen molar-refractivity contribution in [3.63, 3.8) is 0 Å². The Hall–Kier alpha value is -2.32. The van der Waals surface area contributed by atoms with E-state index in [9.17, 15) is 19.4 Å². The first-order valence-electron chi connectivity index (χ1n) is 34.4. The summed E-state index contributed by atoms with van der Waals surface area (Å²) in [7, 11) is 1.24. The van der Waals surface area contributed by atoms with Crippen LogP contribution in [-0.4, -0.2) is 68.5 Å². The van der Waals surface area contributed by atoms with E-state index in [-0.39, 0.29) is 12.5 Å². The summed E-state index contributed by atoms with van der Waals surface area (Å²) in [6.07, 6.45) is 88.5. The highest BCUT2D eigenvalue weighted by Gasteiger charge is 2.23. The van der Waals surface area contributed by atoms with Gasteiger partial charge < -0.3 is 28.8 Å². The maximum atomic E-state index is 13.0. The summed E-state index contributed by atoms with van der Waals surface area (Å²) in [4.78, 5) is 25.6. The topological polar surface area (TPSA) is 108 Å². The van der Waals surface area contributed by atoms with Crippen molar-refractivity contribution in [2.45, 2.75) is 328 Å². The van der Waals surface area contributed by atoms with E-state index in [1.165, 1.54) is 225 Å². The van der Waals surface area contributed by atoms with Crippen LogP contribution in [0.1, 0.15) is 316 Å². The standard InChI is InChI=1S/C72H133N2O6P/c1-6-8-10-12-14-16-18-20-22-24-26-28-30-32-34-36-38-39-41-43-45-47-49-51-53-55-57-59-61-63-65-71(75)70(69-80-81(77,78)79-68-67-74(3,4)5)73-72(76)66-64-62-60-58-56-54-52-50-48-46-44-42-40-37-35-33-31-29-27-25-23-21-19-17-15-13-11-9-7-2/h9,11,15,17,21,23,27,29,33,35,55,57,63,65,70-71,75H,6-8,10,12-14,16,18-20,22,24-26,28,30-32,34,36-54,56,58-62,64,66-69H2,1-5H3,(H-,73,76,77,78)/b11-9-,17-15-,23-21-,29-27-,35-33-,57-55+,65-63+. The van der Waals surface area contributed by atoms with Gasteiger partial charge in [-0.1, -0.05) is 317 Å². The van der Waals surface area contributed by atoms with E-state index < -0.39 is 26.6 Å². The number of aliphatic hydroxyl groups is 1. The van der Waals surface area contributed by atoms with Crippen LogP contribution in [0.4, 0.5) is 0 Å². The minimum atomic E-state index is -4.62. The summed E-state index contributed by atoms with van der Waals surface area (Å²) in [6, 6.07) is -0.910. The molecular weight excluding hydrogens is 1020 g/mol. The quantitative estimate of drug-likeness (QED) is 0.0272. The number of unbranched alkanes of at least 4 members (excludes halogenated alkanes) is 38. The molecule has 8 nitrogen and oxygen atoms in total. The van der Waals surface area contributed by atoms with Gasteiger partial charge in [0.05, 0.1) is 39.9 Å². The van der Waals surface area contributed by atoms with Crippen molar-refractivity contribution in [3.05, 3.63) is 85.1 Å². The third-order valence-corrected chi connectivity index (χ3v) is 16.3. The molecule has 0 spiro atoms. The number of carbonyl (C=O) groups excluding carboxylic acids is 1. The highest BCUT2D eigenvalue weighted by molar-refractivity contribution is 7.45. The molecule has 0 rings (SSSR count). The molecule has 0 aliphatic carbocycles. The number of allylic oxidation sites excluding steroid dienone is 13. The first-order chi connectivity index (χ1) is 39.5. The molecule has 0 aromatic heterocycles. The lowest BCUT2D eigenvalue weighted by Crippen LogP contribution is -2.45. The number of phosphoric ester groups is 1. The van der Waals surface area contributed by atoms with E-state index in [1.54, 1.807) is 6.08 Å². The maximum Gasteiger partial charge on any atom is 0.268 e. The number of hydrogen-bond acceptors (Lipinski definition) is 6. The Kier molecular flexibility index (Phi) is 60.4. The van der Waals surface area contributed by atoms with Crippen LogP contribution in [-0.2, 0) is 18.4 Å².